The highest BCUT2D eigenvalue weighted by Crippen LogP contribution is 2.34. The normalized spacial score (nSPS) is 11.8. The number of alkyl halides is 3. The maximum Gasteiger partial charge on any atom is 0.433 e. The van der Waals surface area contributed by atoms with Gasteiger partial charge < -0.3 is 0 Å². The lowest BCUT2D eigenvalue weighted by Gasteiger charge is -2.10. The van der Waals surface area contributed by atoms with E-state index in [0.717, 1.165) is 27.0 Å². The van der Waals surface area contributed by atoms with E-state index in [0.29, 0.717) is 27.3 Å². The standard InChI is InChI=1S/C24H14ClF4N5O/c25-17-6-2-15(3-7-17)19-12-31-34-22(21(19)16-4-8-18(26)9-5-16)32-33(23(34)35)13-14-1-10-20(30-11-14)24(27,28)29/h1-12H,13H2. The topological polar surface area (TPSA) is 65.1 Å². The van der Waals surface area contributed by atoms with Crippen LogP contribution in [0.15, 0.2) is 77.9 Å². The molecule has 0 radical (unpaired) electrons. The molecule has 0 aliphatic carbocycles. The molecular formula is C24H14ClF4N5O. The third-order valence-corrected chi connectivity index (χ3v) is 5.60. The van der Waals surface area contributed by atoms with Gasteiger partial charge in [-0.3, -0.25) is 4.98 Å². The molecule has 5 aromatic rings. The summed E-state index contributed by atoms with van der Waals surface area (Å²) in [6.45, 7) is -0.119. The zero-order chi connectivity index (χ0) is 24.7. The molecule has 0 unspecified atom stereocenters. The van der Waals surface area contributed by atoms with Gasteiger partial charge in [0.15, 0.2) is 5.65 Å². The molecule has 0 spiro atoms. The van der Waals surface area contributed by atoms with E-state index in [4.69, 9.17) is 11.6 Å². The lowest BCUT2D eigenvalue weighted by Crippen LogP contribution is -2.23. The van der Waals surface area contributed by atoms with Crippen LogP contribution in [0.1, 0.15) is 11.3 Å². The predicted octanol–water partition coefficient (Wildman–Crippen LogP) is 5.48. The maximum absolute atomic E-state index is 13.6. The first kappa shape index (κ1) is 22.7. The second-order valence-electron chi connectivity index (χ2n) is 7.67. The van der Waals surface area contributed by atoms with Crippen LogP contribution in [0.25, 0.3) is 27.9 Å². The van der Waals surface area contributed by atoms with Crippen molar-refractivity contribution in [3.8, 4) is 22.3 Å². The number of hydrogen-bond acceptors (Lipinski definition) is 4. The van der Waals surface area contributed by atoms with Crippen molar-refractivity contribution in [1.82, 2.24) is 24.4 Å². The van der Waals surface area contributed by atoms with Crippen LogP contribution in [0.4, 0.5) is 17.6 Å². The Hall–Kier alpha value is -4.05. The Morgan fingerprint density at radius 3 is 2.20 bits per heavy atom. The zero-order valence-corrected chi connectivity index (χ0v) is 18.4. The van der Waals surface area contributed by atoms with E-state index >= 15 is 0 Å². The number of halogens is 5. The SMILES string of the molecule is O=c1n(Cc2ccc(C(F)(F)F)nc2)nc2c(-c3ccc(F)cc3)c(-c3ccc(Cl)cc3)cnn12. The Bertz CT molecular complexity index is 1580. The third-order valence-electron chi connectivity index (χ3n) is 5.35. The lowest BCUT2D eigenvalue weighted by atomic mass is 9.97. The molecule has 176 valence electrons. The van der Waals surface area contributed by atoms with Crippen molar-refractivity contribution in [3.63, 3.8) is 0 Å². The molecule has 6 nitrogen and oxygen atoms in total. The van der Waals surface area contributed by atoms with Gasteiger partial charge in [0.2, 0.25) is 0 Å². The van der Waals surface area contributed by atoms with Gasteiger partial charge in [-0.05, 0) is 47.0 Å². The van der Waals surface area contributed by atoms with Gasteiger partial charge in [0.1, 0.15) is 11.5 Å². The quantitative estimate of drug-likeness (QED) is 0.307. The molecule has 2 aromatic carbocycles. The number of hydrogen-bond donors (Lipinski definition) is 0. The number of aromatic nitrogens is 5. The van der Waals surface area contributed by atoms with Crippen LogP contribution in [-0.4, -0.2) is 24.4 Å². The van der Waals surface area contributed by atoms with Gasteiger partial charge in [-0.15, -0.1) is 5.10 Å². The molecule has 0 atom stereocenters. The highest BCUT2D eigenvalue weighted by molar-refractivity contribution is 6.30. The van der Waals surface area contributed by atoms with Crippen LogP contribution in [0, 0.1) is 5.82 Å². The number of rotatable bonds is 4. The van der Waals surface area contributed by atoms with Crippen LogP contribution in [0.5, 0.6) is 0 Å². The molecule has 3 aromatic heterocycles. The first-order chi connectivity index (χ1) is 16.7. The summed E-state index contributed by atoms with van der Waals surface area (Å²) >= 11 is 6.02. The molecule has 0 fully saturated rings. The van der Waals surface area contributed by atoms with Crippen molar-refractivity contribution in [2.24, 2.45) is 0 Å². The highest BCUT2D eigenvalue weighted by atomic mass is 35.5. The summed E-state index contributed by atoms with van der Waals surface area (Å²) in [5.41, 5.74) is 1.44. The van der Waals surface area contributed by atoms with Gasteiger partial charge in [0.25, 0.3) is 0 Å². The van der Waals surface area contributed by atoms with Crippen molar-refractivity contribution in [1.29, 1.82) is 0 Å². The van der Waals surface area contributed by atoms with E-state index in [1.54, 1.807) is 36.4 Å². The smallest absolute Gasteiger partial charge is 0.251 e. The van der Waals surface area contributed by atoms with Crippen molar-refractivity contribution in [3.05, 3.63) is 106 Å². The Labute approximate surface area is 200 Å². The Morgan fingerprint density at radius 2 is 1.57 bits per heavy atom. The van der Waals surface area contributed by atoms with E-state index in [1.807, 2.05) is 0 Å². The molecule has 0 N–H and O–H groups in total. The monoisotopic (exact) mass is 499 g/mol. The van der Waals surface area contributed by atoms with Crippen LogP contribution in [-0.2, 0) is 12.7 Å². The summed E-state index contributed by atoms with van der Waals surface area (Å²) < 4.78 is 54.2. The first-order valence-corrected chi connectivity index (χ1v) is 10.6. The van der Waals surface area contributed by atoms with Crippen LogP contribution in [0.3, 0.4) is 0 Å². The van der Waals surface area contributed by atoms with E-state index in [9.17, 15) is 22.4 Å². The minimum atomic E-state index is -4.56. The Kier molecular flexibility index (Phi) is 5.60. The van der Waals surface area contributed by atoms with E-state index in [-0.39, 0.29) is 12.2 Å². The van der Waals surface area contributed by atoms with Gasteiger partial charge >= 0.3 is 11.9 Å². The number of nitrogens with zero attached hydrogens (tertiary/aromatic N) is 5. The summed E-state index contributed by atoms with van der Waals surface area (Å²) in [5, 5.41) is 9.20. The largest absolute Gasteiger partial charge is 0.433 e. The molecular weight excluding hydrogens is 486 g/mol. The maximum atomic E-state index is 13.6. The second-order valence-corrected chi connectivity index (χ2v) is 8.11. The van der Waals surface area contributed by atoms with Gasteiger partial charge in [-0.1, -0.05) is 41.9 Å². The minimum Gasteiger partial charge on any atom is -0.251 e. The van der Waals surface area contributed by atoms with Crippen LogP contribution < -0.4 is 5.69 Å². The van der Waals surface area contributed by atoms with Gasteiger partial charge in [-0.25, -0.2) is 13.9 Å². The molecule has 0 amide bonds. The number of fused-ring (bicyclic) bond motifs is 1. The lowest BCUT2D eigenvalue weighted by molar-refractivity contribution is -0.141. The highest BCUT2D eigenvalue weighted by Gasteiger charge is 2.32. The Balaban J connectivity index is 1.66. The van der Waals surface area contributed by atoms with Crippen LogP contribution >= 0.6 is 11.6 Å². The summed E-state index contributed by atoms with van der Waals surface area (Å²) in [4.78, 5) is 16.4. The summed E-state index contributed by atoms with van der Waals surface area (Å²) in [5.74, 6) is -0.426. The van der Waals surface area contributed by atoms with Crippen LogP contribution in [0.2, 0.25) is 5.02 Å². The van der Waals surface area contributed by atoms with Crippen molar-refractivity contribution < 1.29 is 17.6 Å². The Morgan fingerprint density at radius 1 is 0.886 bits per heavy atom. The van der Waals surface area contributed by atoms with Crippen molar-refractivity contribution in [2.75, 3.05) is 0 Å². The number of pyridine rings is 1. The average Bonchev–Trinajstić information content (AvgIpc) is 3.14. The molecule has 0 bridgehead atoms. The summed E-state index contributed by atoms with van der Waals surface area (Å²) in [6.07, 6.45) is -2.01. The molecule has 0 saturated heterocycles. The molecule has 35 heavy (non-hydrogen) atoms. The average molecular weight is 500 g/mol. The van der Waals surface area contributed by atoms with E-state index in [2.05, 4.69) is 15.2 Å². The summed E-state index contributed by atoms with van der Waals surface area (Å²) in [7, 11) is 0. The fourth-order valence-electron chi connectivity index (χ4n) is 3.67. The molecule has 5 rings (SSSR count). The first-order valence-electron chi connectivity index (χ1n) is 10.2. The zero-order valence-electron chi connectivity index (χ0n) is 17.7. The summed E-state index contributed by atoms with van der Waals surface area (Å²) in [6, 6.07) is 14.8. The molecule has 0 saturated carbocycles. The van der Waals surface area contributed by atoms with Crippen molar-refractivity contribution >= 4 is 17.2 Å². The molecule has 0 aliphatic heterocycles. The number of benzene rings is 2. The van der Waals surface area contributed by atoms with Gasteiger partial charge in [0, 0.05) is 22.3 Å². The molecule has 0 aliphatic rings. The van der Waals surface area contributed by atoms with Gasteiger partial charge in [-0.2, -0.15) is 22.8 Å². The van der Waals surface area contributed by atoms with Crippen molar-refractivity contribution in [2.45, 2.75) is 12.7 Å². The molecule has 11 heteroatoms. The fraction of sp³-hybridized carbons (Fsp3) is 0.0833. The molecule has 3 heterocycles. The van der Waals surface area contributed by atoms with E-state index < -0.39 is 23.4 Å². The minimum absolute atomic E-state index is 0.119. The fourth-order valence-corrected chi connectivity index (χ4v) is 3.80. The third kappa shape index (κ3) is 4.40. The predicted molar refractivity (Wildman–Crippen MR) is 121 cm³/mol. The van der Waals surface area contributed by atoms with E-state index in [1.165, 1.54) is 24.4 Å². The van der Waals surface area contributed by atoms with Gasteiger partial charge in [0.05, 0.1) is 12.7 Å². The second kappa shape index (κ2) is 8.62.